The van der Waals surface area contributed by atoms with Gasteiger partial charge >= 0.3 is 0 Å². The first-order valence-corrected chi connectivity index (χ1v) is 9.89. The molecule has 156 valence electrons. The van der Waals surface area contributed by atoms with Crippen molar-refractivity contribution in [2.24, 2.45) is 0 Å². The van der Waals surface area contributed by atoms with E-state index < -0.39 is 0 Å². The lowest BCUT2D eigenvalue weighted by atomic mass is 10.1. The summed E-state index contributed by atoms with van der Waals surface area (Å²) in [5, 5.41) is 7.71. The van der Waals surface area contributed by atoms with E-state index in [1.807, 2.05) is 66.1 Å². The summed E-state index contributed by atoms with van der Waals surface area (Å²) in [6.07, 6.45) is 0.619. The number of ether oxygens (including phenoxy) is 2. The molecule has 0 aliphatic heterocycles. The molecule has 0 saturated carbocycles. The molecule has 1 aromatic heterocycles. The highest BCUT2D eigenvalue weighted by Crippen LogP contribution is 2.44. The Labute approximate surface area is 176 Å². The van der Waals surface area contributed by atoms with E-state index in [0.29, 0.717) is 30.2 Å². The van der Waals surface area contributed by atoms with E-state index in [0.717, 1.165) is 34.6 Å². The molecule has 0 spiro atoms. The Morgan fingerprint density at radius 1 is 1.13 bits per heavy atom. The summed E-state index contributed by atoms with van der Waals surface area (Å²) >= 11 is 0. The third kappa shape index (κ3) is 3.52. The Hall–Kier alpha value is -3.32. The van der Waals surface area contributed by atoms with Crippen LogP contribution in [0.5, 0.6) is 11.5 Å². The maximum absolute atomic E-state index is 13.0. The van der Waals surface area contributed by atoms with Crippen molar-refractivity contribution >= 4 is 5.91 Å². The minimum Gasteiger partial charge on any atom is -0.493 e. The number of nitrogens with one attached hydrogen (secondary N) is 1. The monoisotopic (exact) mass is 406 g/mol. The number of likely N-dealkylation sites (N-methyl/N-ethyl adjacent to an activating group) is 1. The SMILES string of the molecule is COc1cc2c(cc1OC)-c1c(c(C(=O)NCCN(C)C)nn1-c1ccccc1)C2. The second-order valence-corrected chi connectivity index (χ2v) is 7.52. The van der Waals surface area contributed by atoms with Crippen LogP contribution in [0, 0.1) is 0 Å². The molecule has 0 radical (unpaired) electrons. The van der Waals surface area contributed by atoms with E-state index in [4.69, 9.17) is 14.6 Å². The number of benzene rings is 2. The summed E-state index contributed by atoms with van der Waals surface area (Å²) in [5.74, 6) is 1.18. The second-order valence-electron chi connectivity index (χ2n) is 7.52. The van der Waals surface area contributed by atoms with Crippen LogP contribution in [0.1, 0.15) is 21.6 Å². The summed E-state index contributed by atoms with van der Waals surface area (Å²) in [7, 11) is 7.21. The molecule has 2 aromatic carbocycles. The minimum absolute atomic E-state index is 0.158. The van der Waals surface area contributed by atoms with Gasteiger partial charge in [0.25, 0.3) is 5.91 Å². The Kier molecular flexibility index (Phi) is 5.46. The average molecular weight is 406 g/mol. The topological polar surface area (TPSA) is 68.6 Å². The van der Waals surface area contributed by atoms with Crippen LogP contribution in [-0.2, 0) is 6.42 Å². The van der Waals surface area contributed by atoms with Crippen LogP contribution in [0.4, 0.5) is 0 Å². The van der Waals surface area contributed by atoms with Gasteiger partial charge in [-0.3, -0.25) is 4.79 Å². The normalized spacial score (nSPS) is 11.9. The van der Waals surface area contributed by atoms with Gasteiger partial charge in [0, 0.05) is 30.6 Å². The van der Waals surface area contributed by atoms with Crippen LogP contribution in [0.15, 0.2) is 42.5 Å². The molecule has 3 aromatic rings. The van der Waals surface area contributed by atoms with Crippen molar-refractivity contribution in [2.75, 3.05) is 41.4 Å². The standard InChI is InChI=1S/C23H26N4O3/c1-26(2)11-10-24-23(28)21-18-12-15-13-19(29-3)20(30-4)14-17(15)22(18)27(25-21)16-8-6-5-7-9-16/h5-9,13-14H,10-12H2,1-4H3,(H,24,28). The maximum Gasteiger partial charge on any atom is 0.272 e. The Balaban J connectivity index is 1.81. The van der Waals surface area contributed by atoms with Crippen LogP contribution in [0.25, 0.3) is 16.9 Å². The number of amides is 1. The fourth-order valence-electron chi connectivity index (χ4n) is 3.79. The average Bonchev–Trinajstić information content (AvgIpc) is 3.29. The van der Waals surface area contributed by atoms with Gasteiger partial charge < -0.3 is 19.7 Å². The van der Waals surface area contributed by atoms with Gasteiger partial charge in [-0.1, -0.05) is 18.2 Å². The lowest BCUT2D eigenvalue weighted by molar-refractivity contribution is 0.0945. The van der Waals surface area contributed by atoms with Crippen LogP contribution in [0.3, 0.4) is 0 Å². The lowest BCUT2D eigenvalue weighted by Gasteiger charge is -2.12. The van der Waals surface area contributed by atoms with Gasteiger partial charge in [-0.2, -0.15) is 5.10 Å². The molecule has 7 heteroatoms. The summed E-state index contributed by atoms with van der Waals surface area (Å²) in [5.41, 5.74) is 5.31. The summed E-state index contributed by atoms with van der Waals surface area (Å²) in [4.78, 5) is 15.0. The van der Waals surface area contributed by atoms with Gasteiger partial charge in [0.05, 0.1) is 25.6 Å². The molecule has 7 nitrogen and oxygen atoms in total. The third-order valence-corrected chi connectivity index (χ3v) is 5.28. The van der Waals surface area contributed by atoms with Gasteiger partial charge in [-0.05, 0) is 43.9 Å². The Morgan fingerprint density at radius 2 is 1.83 bits per heavy atom. The van der Waals surface area contributed by atoms with Crippen molar-refractivity contribution in [2.45, 2.75) is 6.42 Å². The molecule has 0 unspecified atom stereocenters. The van der Waals surface area contributed by atoms with E-state index >= 15 is 0 Å². The van der Waals surface area contributed by atoms with Gasteiger partial charge in [0.2, 0.25) is 0 Å². The zero-order valence-electron chi connectivity index (χ0n) is 17.7. The van der Waals surface area contributed by atoms with Crippen molar-refractivity contribution in [1.29, 1.82) is 0 Å². The van der Waals surface area contributed by atoms with E-state index in [9.17, 15) is 4.79 Å². The molecule has 4 rings (SSSR count). The first-order chi connectivity index (χ1) is 14.5. The maximum atomic E-state index is 13.0. The molecule has 0 atom stereocenters. The number of fused-ring (bicyclic) bond motifs is 3. The number of carbonyl (C=O) groups is 1. The van der Waals surface area contributed by atoms with Crippen molar-refractivity contribution in [1.82, 2.24) is 20.0 Å². The van der Waals surface area contributed by atoms with Gasteiger partial charge in [-0.15, -0.1) is 0 Å². The Bertz CT molecular complexity index is 1070. The summed E-state index contributed by atoms with van der Waals surface area (Å²) in [6, 6.07) is 13.8. The van der Waals surface area contributed by atoms with Crippen LogP contribution in [-0.4, -0.2) is 62.0 Å². The van der Waals surface area contributed by atoms with Gasteiger partial charge in [0.1, 0.15) is 0 Å². The number of nitrogens with zero attached hydrogens (tertiary/aromatic N) is 3. The number of para-hydroxylation sites is 1. The van der Waals surface area contributed by atoms with Gasteiger partial charge in [0.15, 0.2) is 17.2 Å². The van der Waals surface area contributed by atoms with Crippen molar-refractivity contribution in [3.8, 4) is 28.4 Å². The van der Waals surface area contributed by atoms with E-state index in [1.165, 1.54) is 0 Å². The van der Waals surface area contributed by atoms with Gasteiger partial charge in [-0.25, -0.2) is 4.68 Å². The van der Waals surface area contributed by atoms with Crippen LogP contribution < -0.4 is 14.8 Å². The summed E-state index contributed by atoms with van der Waals surface area (Å²) in [6.45, 7) is 1.33. The van der Waals surface area contributed by atoms with E-state index in [1.54, 1.807) is 14.2 Å². The molecule has 0 fully saturated rings. The molecule has 1 heterocycles. The predicted molar refractivity (Wildman–Crippen MR) is 116 cm³/mol. The smallest absolute Gasteiger partial charge is 0.272 e. The highest BCUT2D eigenvalue weighted by atomic mass is 16.5. The number of hydrogen-bond donors (Lipinski definition) is 1. The van der Waals surface area contributed by atoms with Crippen LogP contribution >= 0.6 is 0 Å². The molecular weight excluding hydrogens is 380 g/mol. The molecule has 1 aliphatic carbocycles. The quantitative estimate of drug-likeness (QED) is 0.511. The largest absolute Gasteiger partial charge is 0.493 e. The Morgan fingerprint density at radius 3 is 2.50 bits per heavy atom. The molecule has 1 N–H and O–H groups in total. The number of carbonyl (C=O) groups excluding carboxylic acids is 1. The molecule has 0 bridgehead atoms. The number of hydrogen-bond acceptors (Lipinski definition) is 5. The van der Waals surface area contributed by atoms with Crippen molar-refractivity contribution in [3.63, 3.8) is 0 Å². The number of aromatic nitrogens is 2. The molecular formula is C23H26N4O3. The highest BCUT2D eigenvalue weighted by molar-refractivity contribution is 5.97. The minimum atomic E-state index is -0.158. The summed E-state index contributed by atoms with van der Waals surface area (Å²) < 4.78 is 12.8. The molecule has 1 amide bonds. The zero-order chi connectivity index (χ0) is 21.3. The second kappa shape index (κ2) is 8.20. The fraction of sp³-hybridized carbons (Fsp3) is 0.304. The van der Waals surface area contributed by atoms with E-state index in [-0.39, 0.29) is 5.91 Å². The first kappa shape index (κ1) is 20.0. The highest BCUT2D eigenvalue weighted by Gasteiger charge is 2.32. The molecule has 1 aliphatic rings. The number of rotatable bonds is 7. The zero-order valence-corrected chi connectivity index (χ0v) is 17.7. The lowest BCUT2D eigenvalue weighted by Crippen LogP contribution is -2.32. The number of methoxy groups -OCH3 is 2. The van der Waals surface area contributed by atoms with Crippen LogP contribution in [0.2, 0.25) is 0 Å². The molecule has 0 saturated heterocycles. The third-order valence-electron chi connectivity index (χ3n) is 5.28. The fourth-order valence-corrected chi connectivity index (χ4v) is 3.79. The predicted octanol–water partition coefficient (Wildman–Crippen LogP) is 2.75. The van der Waals surface area contributed by atoms with E-state index in [2.05, 4.69) is 5.32 Å². The first-order valence-electron chi connectivity index (χ1n) is 9.89. The molecule has 30 heavy (non-hydrogen) atoms. The van der Waals surface area contributed by atoms with Crippen molar-refractivity contribution in [3.05, 3.63) is 59.3 Å². The van der Waals surface area contributed by atoms with Crippen molar-refractivity contribution < 1.29 is 14.3 Å².